The first-order chi connectivity index (χ1) is 10.7. The molecular formula is C17H20BrN3O2. The molecule has 0 amide bonds. The number of halogens is 1. The van der Waals surface area contributed by atoms with Crippen LogP contribution < -0.4 is 11.1 Å². The molecule has 3 N–H and O–H groups in total. The molecule has 0 spiro atoms. The minimum Gasteiger partial charge on any atom is -0.460 e. The van der Waals surface area contributed by atoms with Crippen molar-refractivity contribution < 1.29 is 9.53 Å². The summed E-state index contributed by atoms with van der Waals surface area (Å²) in [5.74, 6) is 0.352. The first-order valence-corrected chi connectivity index (χ1v) is 8.01. The fourth-order valence-electron chi connectivity index (χ4n) is 1.95. The molecule has 6 heteroatoms. The molecule has 0 aliphatic carbocycles. The molecule has 0 aliphatic rings. The molecule has 23 heavy (non-hydrogen) atoms. The lowest BCUT2D eigenvalue weighted by atomic mass is 10.1. The summed E-state index contributed by atoms with van der Waals surface area (Å²) in [6, 6.07) is 9.29. The van der Waals surface area contributed by atoms with E-state index in [9.17, 15) is 4.79 Å². The highest BCUT2D eigenvalue weighted by Crippen LogP contribution is 2.24. The number of pyridine rings is 1. The zero-order chi connectivity index (χ0) is 17.0. The molecule has 1 aromatic carbocycles. The van der Waals surface area contributed by atoms with E-state index in [4.69, 9.17) is 10.5 Å². The molecule has 0 saturated heterocycles. The lowest BCUT2D eigenvalue weighted by molar-refractivity contribution is -0.153. The standard InChI is InChI=1S/C17H20BrN3O2/c1-17(2,3)23-15(22)8-11-4-6-13(7-5-11)21-16-14(19)9-12(18)10-20-16/h4-7,9-10H,8,19H2,1-3H3,(H,20,21). The van der Waals surface area contributed by atoms with Gasteiger partial charge in [0.2, 0.25) is 0 Å². The molecule has 0 fully saturated rings. The maximum absolute atomic E-state index is 11.8. The van der Waals surface area contributed by atoms with Gasteiger partial charge in [-0.2, -0.15) is 0 Å². The van der Waals surface area contributed by atoms with Crippen molar-refractivity contribution in [2.24, 2.45) is 0 Å². The number of nitrogens with two attached hydrogens (primary N) is 1. The van der Waals surface area contributed by atoms with Crippen molar-refractivity contribution in [3.05, 3.63) is 46.6 Å². The van der Waals surface area contributed by atoms with Crippen LogP contribution in [0.15, 0.2) is 41.0 Å². The van der Waals surface area contributed by atoms with Crippen molar-refractivity contribution in [3.8, 4) is 0 Å². The van der Waals surface area contributed by atoms with Gasteiger partial charge in [-0.05, 0) is 60.5 Å². The number of anilines is 3. The Morgan fingerprint density at radius 2 is 1.96 bits per heavy atom. The molecule has 1 aromatic heterocycles. The largest absolute Gasteiger partial charge is 0.460 e. The number of nitrogens with zero attached hydrogens (tertiary/aromatic N) is 1. The molecule has 0 bridgehead atoms. The first kappa shape index (κ1) is 17.3. The van der Waals surface area contributed by atoms with E-state index in [1.165, 1.54) is 0 Å². The van der Waals surface area contributed by atoms with Gasteiger partial charge >= 0.3 is 5.97 Å². The van der Waals surface area contributed by atoms with Gasteiger partial charge < -0.3 is 15.8 Å². The minimum atomic E-state index is -0.469. The highest BCUT2D eigenvalue weighted by molar-refractivity contribution is 9.10. The number of esters is 1. The van der Waals surface area contributed by atoms with E-state index in [0.717, 1.165) is 15.7 Å². The molecule has 1 heterocycles. The SMILES string of the molecule is CC(C)(C)OC(=O)Cc1ccc(Nc2ncc(Br)cc2N)cc1. The zero-order valence-corrected chi connectivity index (χ0v) is 15.0. The average Bonchev–Trinajstić information content (AvgIpc) is 2.42. The summed E-state index contributed by atoms with van der Waals surface area (Å²) in [6.07, 6.45) is 1.92. The highest BCUT2D eigenvalue weighted by atomic mass is 79.9. The van der Waals surface area contributed by atoms with Crippen molar-refractivity contribution in [2.75, 3.05) is 11.1 Å². The Morgan fingerprint density at radius 1 is 1.30 bits per heavy atom. The summed E-state index contributed by atoms with van der Waals surface area (Å²) in [7, 11) is 0. The van der Waals surface area contributed by atoms with E-state index >= 15 is 0 Å². The van der Waals surface area contributed by atoms with Crippen molar-refractivity contribution in [2.45, 2.75) is 32.8 Å². The Balaban J connectivity index is 2.01. The third-order valence-electron chi connectivity index (χ3n) is 2.87. The quantitative estimate of drug-likeness (QED) is 0.785. The van der Waals surface area contributed by atoms with Crippen molar-refractivity contribution in [3.63, 3.8) is 0 Å². The van der Waals surface area contributed by atoms with E-state index < -0.39 is 5.60 Å². The van der Waals surface area contributed by atoms with Gasteiger partial charge in [-0.25, -0.2) is 4.98 Å². The Hall–Kier alpha value is -2.08. The number of benzene rings is 1. The molecule has 0 aliphatic heterocycles. The third kappa shape index (κ3) is 5.56. The van der Waals surface area contributed by atoms with Gasteiger partial charge in [0, 0.05) is 16.4 Å². The number of carbonyl (C=O) groups excluding carboxylic acids is 1. The molecule has 0 atom stereocenters. The Kier molecular flexibility index (Phi) is 5.26. The molecule has 122 valence electrons. The topological polar surface area (TPSA) is 77.2 Å². The number of aromatic nitrogens is 1. The second kappa shape index (κ2) is 7.00. The van der Waals surface area contributed by atoms with Crippen molar-refractivity contribution >= 4 is 39.1 Å². The summed E-state index contributed by atoms with van der Waals surface area (Å²) >= 11 is 3.32. The second-order valence-electron chi connectivity index (χ2n) is 6.18. The minimum absolute atomic E-state index is 0.239. The van der Waals surface area contributed by atoms with Gasteiger partial charge in [-0.15, -0.1) is 0 Å². The monoisotopic (exact) mass is 377 g/mol. The van der Waals surface area contributed by atoms with Gasteiger partial charge in [0.25, 0.3) is 0 Å². The van der Waals surface area contributed by atoms with E-state index in [0.29, 0.717) is 11.5 Å². The van der Waals surface area contributed by atoms with Gasteiger partial charge in [0.1, 0.15) is 5.60 Å². The molecule has 0 unspecified atom stereocenters. The predicted octanol–water partition coefficient (Wildman–Crippen LogP) is 4.05. The van der Waals surface area contributed by atoms with E-state index in [1.807, 2.05) is 45.0 Å². The summed E-state index contributed by atoms with van der Waals surface area (Å²) < 4.78 is 6.14. The zero-order valence-electron chi connectivity index (χ0n) is 13.4. The lowest BCUT2D eigenvalue weighted by Crippen LogP contribution is -2.24. The molecule has 0 saturated carbocycles. The number of rotatable bonds is 4. The van der Waals surface area contributed by atoms with Crippen LogP contribution in [0.2, 0.25) is 0 Å². The van der Waals surface area contributed by atoms with Crippen molar-refractivity contribution in [1.29, 1.82) is 0 Å². The van der Waals surface area contributed by atoms with Crippen LogP contribution in [0.1, 0.15) is 26.3 Å². The summed E-state index contributed by atoms with van der Waals surface area (Å²) in [5.41, 5.74) is 7.73. The number of hydrogen-bond donors (Lipinski definition) is 2. The Morgan fingerprint density at radius 3 is 2.52 bits per heavy atom. The van der Waals surface area contributed by atoms with Crippen LogP contribution in [0, 0.1) is 0 Å². The average molecular weight is 378 g/mol. The number of ether oxygens (including phenoxy) is 1. The Labute approximate surface area is 144 Å². The Bertz CT molecular complexity index is 694. The number of carbonyl (C=O) groups is 1. The van der Waals surface area contributed by atoms with Crippen LogP contribution in [0.3, 0.4) is 0 Å². The van der Waals surface area contributed by atoms with Gasteiger partial charge in [0.05, 0.1) is 12.1 Å². The fourth-order valence-corrected chi connectivity index (χ4v) is 2.30. The van der Waals surface area contributed by atoms with Crippen LogP contribution in [-0.2, 0) is 16.0 Å². The van der Waals surface area contributed by atoms with Crippen LogP contribution in [0.5, 0.6) is 0 Å². The normalized spacial score (nSPS) is 11.1. The number of nitrogen functional groups attached to an aromatic ring is 1. The van der Waals surface area contributed by atoms with Crippen molar-refractivity contribution in [1.82, 2.24) is 4.98 Å². The molecule has 5 nitrogen and oxygen atoms in total. The van der Waals surface area contributed by atoms with Crippen LogP contribution in [0.25, 0.3) is 0 Å². The van der Waals surface area contributed by atoms with E-state index in [1.54, 1.807) is 12.3 Å². The predicted molar refractivity (Wildman–Crippen MR) is 95.6 cm³/mol. The van der Waals surface area contributed by atoms with Gasteiger partial charge in [0.15, 0.2) is 5.82 Å². The lowest BCUT2D eigenvalue weighted by Gasteiger charge is -2.19. The second-order valence-corrected chi connectivity index (χ2v) is 7.09. The third-order valence-corrected chi connectivity index (χ3v) is 3.30. The van der Waals surface area contributed by atoms with Crippen LogP contribution in [0.4, 0.5) is 17.2 Å². The first-order valence-electron chi connectivity index (χ1n) is 7.22. The smallest absolute Gasteiger partial charge is 0.310 e. The summed E-state index contributed by atoms with van der Waals surface area (Å²) in [5, 5.41) is 3.15. The van der Waals surface area contributed by atoms with E-state index in [-0.39, 0.29) is 12.4 Å². The van der Waals surface area contributed by atoms with Crippen LogP contribution in [-0.4, -0.2) is 16.6 Å². The molecule has 2 rings (SSSR count). The van der Waals surface area contributed by atoms with Crippen LogP contribution >= 0.6 is 15.9 Å². The number of hydrogen-bond acceptors (Lipinski definition) is 5. The number of nitrogens with one attached hydrogen (secondary N) is 1. The molecular weight excluding hydrogens is 358 g/mol. The fraction of sp³-hybridized carbons (Fsp3) is 0.294. The summed E-state index contributed by atoms with van der Waals surface area (Å²) in [4.78, 5) is 16.0. The highest BCUT2D eigenvalue weighted by Gasteiger charge is 2.16. The van der Waals surface area contributed by atoms with E-state index in [2.05, 4.69) is 26.2 Å². The maximum atomic E-state index is 11.8. The summed E-state index contributed by atoms with van der Waals surface area (Å²) in [6.45, 7) is 5.56. The molecule has 2 aromatic rings. The van der Waals surface area contributed by atoms with Gasteiger partial charge in [-0.1, -0.05) is 12.1 Å². The maximum Gasteiger partial charge on any atom is 0.310 e. The van der Waals surface area contributed by atoms with Gasteiger partial charge in [-0.3, -0.25) is 4.79 Å². The molecule has 0 radical (unpaired) electrons.